The van der Waals surface area contributed by atoms with Crippen molar-refractivity contribution in [2.45, 2.75) is 50.4 Å². The number of nitrogens with one attached hydrogen (secondary N) is 1. The molecule has 0 radical (unpaired) electrons. The fourth-order valence-corrected chi connectivity index (χ4v) is 2.30. The Hall–Kier alpha value is -0.120. The molecule has 0 spiro atoms. The van der Waals surface area contributed by atoms with Crippen LogP contribution in [0.25, 0.3) is 0 Å². The standard InChI is InChI=1S/C10H19NO2/c12-10(9-5-3-7-13-9)8-4-1-2-6-11-8/h8-12H,1-7H2. The highest BCUT2D eigenvalue weighted by molar-refractivity contribution is 4.86. The van der Waals surface area contributed by atoms with Gasteiger partial charge in [-0.2, -0.15) is 0 Å². The summed E-state index contributed by atoms with van der Waals surface area (Å²) in [6.07, 6.45) is 5.52. The second-order valence-corrected chi connectivity index (χ2v) is 4.10. The zero-order valence-electron chi connectivity index (χ0n) is 8.04. The van der Waals surface area contributed by atoms with Gasteiger partial charge in [0.1, 0.15) is 0 Å². The smallest absolute Gasteiger partial charge is 0.0954 e. The third-order valence-electron chi connectivity index (χ3n) is 3.11. The highest BCUT2D eigenvalue weighted by Gasteiger charge is 2.31. The second kappa shape index (κ2) is 4.40. The van der Waals surface area contributed by atoms with E-state index in [2.05, 4.69) is 5.32 Å². The van der Waals surface area contributed by atoms with Crippen molar-refractivity contribution < 1.29 is 9.84 Å². The van der Waals surface area contributed by atoms with Gasteiger partial charge in [0.05, 0.1) is 12.2 Å². The monoisotopic (exact) mass is 185 g/mol. The van der Waals surface area contributed by atoms with Gasteiger partial charge in [-0.1, -0.05) is 6.42 Å². The number of rotatable bonds is 2. The Morgan fingerprint density at radius 3 is 2.77 bits per heavy atom. The lowest BCUT2D eigenvalue weighted by Gasteiger charge is -2.30. The maximum Gasteiger partial charge on any atom is 0.0954 e. The Kier molecular flexibility index (Phi) is 3.19. The number of aliphatic hydroxyl groups is 1. The first-order valence-corrected chi connectivity index (χ1v) is 5.41. The van der Waals surface area contributed by atoms with E-state index in [0.717, 1.165) is 32.4 Å². The SMILES string of the molecule is OC(C1CCCCN1)C1CCCO1. The van der Waals surface area contributed by atoms with E-state index in [1.807, 2.05) is 0 Å². The minimum atomic E-state index is -0.289. The van der Waals surface area contributed by atoms with Crippen LogP contribution in [-0.4, -0.2) is 36.5 Å². The summed E-state index contributed by atoms with van der Waals surface area (Å²) in [5.41, 5.74) is 0. The van der Waals surface area contributed by atoms with Crippen LogP contribution in [0.2, 0.25) is 0 Å². The molecule has 2 rings (SSSR count). The van der Waals surface area contributed by atoms with Crippen molar-refractivity contribution in [3.8, 4) is 0 Å². The van der Waals surface area contributed by atoms with E-state index in [1.165, 1.54) is 12.8 Å². The van der Waals surface area contributed by atoms with Crippen molar-refractivity contribution in [3.63, 3.8) is 0 Å². The molecule has 2 saturated heterocycles. The molecule has 0 bridgehead atoms. The molecule has 3 unspecified atom stereocenters. The molecule has 3 atom stereocenters. The molecule has 3 heteroatoms. The third-order valence-corrected chi connectivity index (χ3v) is 3.11. The average Bonchev–Trinajstić information content (AvgIpc) is 2.71. The second-order valence-electron chi connectivity index (χ2n) is 4.10. The van der Waals surface area contributed by atoms with E-state index in [0.29, 0.717) is 0 Å². The van der Waals surface area contributed by atoms with Crippen molar-refractivity contribution in [3.05, 3.63) is 0 Å². The molecule has 2 N–H and O–H groups in total. The lowest BCUT2D eigenvalue weighted by atomic mass is 9.95. The van der Waals surface area contributed by atoms with E-state index in [9.17, 15) is 5.11 Å². The van der Waals surface area contributed by atoms with Crippen molar-refractivity contribution in [1.82, 2.24) is 5.32 Å². The van der Waals surface area contributed by atoms with Gasteiger partial charge in [0.25, 0.3) is 0 Å². The topological polar surface area (TPSA) is 41.5 Å². The first-order chi connectivity index (χ1) is 6.38. The number of ether oxygens (including phenoxy) is 1. The van der Waals surface area contributed by atoms with Crippen LogP contribution in [0.4, 0.5) is 0 Å². The third kappa shape index (κ3) is 2.22. The molecule has 3 nitrogen and oxygen atoms in total. The summed E-state index contributed by atoms with van der Waals surface area (Å²) < 4.78 is 5.48. The van der Waals surface area contributed by atoms with Crippen molar-refractivity contribution in [2.75, 3.05) is 13.2 Å². The van der Waals surface area contributed by atoms with E-state index in [4.69, 9.17) is 4.74 Å². The van der Waals surface area contributed by atoms with E-state index in [1.54, 1.807) is 0 Å². The van der Waals surface area contributed by atoms with Crippen LogP contribution in [0.5, 0.6) is 0 Å². The number of piperidine rings is 1. The van der Waals surface area contributed by atoms with Crippen LogP contribution < -0.4 is 5.32 Å². The molecule has 13 heavy (non-hydrogen) atoms. The Morgan fingerprint density at radius 2 is 2.15 bits per heavy atom. The summed E-state index contributed by atoms with van der Waals surface area (Å²) in [7, 11) is 0. The molecule has 2 heterocycles. The molecule has 0 aromatic heterocycles. The molecule has 0 saturated carbocycles. The number of aliphatic hydroxyl groups excluding tert-OH is 1. The molecule has 2 aliphatic heterocycles. The summed E-state index contributed by atoms with van der Waals surface area (Å²) in [5.74, 6) is 0. The van der Waals surface area contributed by atoms with Crippen molar-refractivity contribution in [2.24, 2.45) is 0 Å². The normalized spacial score (nSPS) is 37.6. The molecule has 2 aliphatic rings. The largest absolute Gasteiger partial charge is 0.389 e. The van der Waals surface area contributed by atoms with Gasteiger partial charge < -0.3 is 15.2 Å². The molecular formula is C10H19NO2. The van der Waals surface area contributed by atoms with Crippen LogP contribution in [0.3, 0.4) is 0 Å². The van der Waals surface area contributed by atoms with Gasteiger partial charge in [0.15, 0.2) is 0 Å². The Bertz CT molecular complexity index is 151. The summed E-state index contributed by atoms with van der Waals surface area (Å²) >= 11 is 0. The number of hydrogen-bond donors (Lipinski definition) is 2. The zero-order valence-corrected chi connectivity index (χ0v) is 8.04. The Morgan fingerprint density at radius 1 is 1.23 bits per heavy atom. The van der Waals surface area contributed by atoms with Crippen LogP contribution in [0.15, 0.2) is 0 Å². The molecule has 0 aromatic rings. The Labute approximate surface area is 79.5 Å². The molecule has 0 aromatic carbocycles. The van der Waals surface area contributed by atoms with Gasteiger partial charge in [-0.15, -0.1) is 0 Å². The maximum absolute atomic E-state index is 9.99. The summed E-state index contributed by atoms with van der Waals surface area (Å²) in [6.45, 7) is 1.88. The van der Waals surface area contributed by atoms with E-state index in [-0.39, 0.29) is 18.2 Å². The van der Waals surface area contributed by atoms with Gasteiger partial charge in [0, 0.05) is 12.6 Å². The number of hydrogen-bond acceptors (Lipinski definition) is 3. The van der Waals surface area contributed by atoms with E-state index >= 15 is 0 Å². The lowest BCUT2D eigenvalue weighted by molar-refractivity contribution is -0.0249. The predicted molar refractivity (Wildman–Crippen MR) is 50.6 cm³/mol. The first kappa shape index (κ1) is 9.44. The summed E-state index contributed by atoms with van der Waals surface area (Å²) in [6, 6.07) is 0.275. The molecule has 2 fully saturated rings. The van der Waals surface area contributed by atoms with Crippen LogP contribution in [-0.2, 0) is 4.74 Å². The average molecular weight is 185 g/mol. The molecule has 76 valence electrons. The highest BCUT2D eigenvalue weighted by Crippen LogP contribution is 2.21. The Balaban J connectivity index is 1.83. The van der Waals surface area contributed by atoms with Crippen LogP contribution in [0, 0.1) is 0 Å². The van der Waals surface area contributed by atoms with Gasteiger partial charge in [-0.25, -0.2) is 0 Å². The van der Waals surface area contributed by atoms with Gasteiger partial charge in [-0.05, 0) is 32.2 Å². The van der Waals surface area contributed by atoms with Gasteiger partial charge >= 0.3 is 0 Å². The van der Waals surface area contributed by atoms with Crippen molar-refractivity contribution in [1.29, 1.82) is 0 Å². The summed E-state index contributed by atoms with van der Waals surface area (Å²) in [4.78, 5) is 0. The fraction of sp³-hybridized carbons (Fsp3) is 1.00. The summed E-state index contributed by atoms with van der Waals surface area (Å²) in [5, 5.41) is 13.4. The molecule has 0 aliphatic carbocycles. The van der Waals surface area contributed by atoms with E-state index < -0.39 is 0 Å². The molecular weight excluding hydrogens is 166 g/mol. The van der Waals surface area contributed by atoms with Crippen molar-refractivity contribution >= 4 is 0 Å². The minimum Gasteiger partial charge on any atom is -0.389 e. The van der Waals surface area contributed by atoms with Crippen LogP contribution in [0.1, 0.15) is 32.1 Å². The van der Waals surface area contributed by atoms with Gasteiger partial charge in [0.2, 0.25) is 0 Å². The fourth-order valence-electron chi connectivity index (χ4n) is 2.30. The first-order valence-electron chi connectivity index (χ1n) is 5.41. The molecule has 0 amide bonds. The minimum absolute atomic E-state index is 0.0931. The highest BCUT2D eigenvalue weighted by atomic mass is 16.5. The quantitative estimate of drug-likeness (QED) is 0.664. The maximum atomic E-state index is 9.99. The zero-order chi connectivity index (χ0) is 9.10. The lowest BCUT2D eigenvalue weighted by Crippen LogP contribution is -2.48. The van der Waals surface area contributed by atoms with Crippen LogP contribution >= 0.6 is 0 Å². The van der Waals surface area contributed by atoms with Gasteiger partial charge in [-0.3, -0.25) is 0 Å². The predicted octanol–water partition coefficient (Wildman–Crippen LogP) is 0.668.